The number of para-hydroxylation sites is 1. The number of phenols is 1. The Kier molecular flexibility index (Phi) is 8.48. The lowest BCUT2D eigenvalue weighted by atomic mass is 9.79. The van der Waals surface area contributed by atoms with Gasteiger partial charge >= 0.3 is 0 Å². The summed E-state index contributed by atoms with van der Waals surface area (Å²) < 4.78 is 113. The molecule has 2 aromatic heterocycles. The number of aromatic nitrogens is 3. The van der Waals surface area contributed by atoms with Gasteiger partial charge in [-0.25, -0.2) is 4.98 Å². The van der Waals surface area contributed by atoms with Crippen LogP contribution in [0.15, 0.2) is 164 Å². The first-order valence-electron chi connectivity index (χ1n) is 29.9. The SMILES string of the molecule is [2H]c1c([2H])c(C(C([2H])([2H])[2H])(C([2H])([2H])[2H])C([2H])([2H])[2H])c([2H])c([2H])c1-c1ccnc(-c2cc(-c3ccccc3)cc(-c3cccc4c3nc(-c3cc(C(C)(C)C)cc(C(C)(C)C)c3O)n4-c3ccc(C)cc3-c3ccc(C(C)(C)C)cc3)c2)c1. The van der Waals surface area contributed by atoms with E-state index >= 15 is 0 Å². The lowest BCUT2D eigenvalue weighted by Crippen LogP contribution is -2.17. The highest BCUT2D eigenvalue weighted by Crippen LogP contribution is 2.46. The molecule has 0 unspecified atom stereocenters. The maximum absolute atomic E-state index is 12.7. The summed E-state index contributed by atoms with van der Waals surface area (Å²) in [4.78, 5) is 10.4. The number of aryl methyl sites for hydroxylation is 1. The van der Waals surface area contributed by atoms with Crippen LogP contribution in [0.2, 0.25) is 0 Å². The molecule has 0 aliphatic heterocycles. The van der Waals surface area contributed by atoms with E-state index < -0.39 is 61.1 Å². The Morgan fingerprint density at radius 2 is 1.17 bits per heavy atom. The molecule has 348 valence electrons. The van der Waals surface area contributed by atoms with Gasteiger partial charge < -0.3 is 5.11 Å². The third-order valence-electron chi connectivity index (χ3n) is 12.9. The molecule has 0 amide bonds. The molecule has 0 aliphatic carbocycles. The molecule has 0 saturated heterocycles. The average molecular weight is 919 g/mol. The number of nitrogens with zero attached hydrogens (tertiary/aromatic N) is 3. The number of hydrogen-bond donors (Lipinski definition) is 1. The quantitative estimate of drug-likeness (QED) is 0.173. The summed E-state index contributed by atoms with van der Waals surface area (Å²) in [5.41, 5.74) is 6.93. The minimum Gasteiger partial charge on any atom is -0.507 e. The van der Waals surface area contributed by atoms with E-state index in [2.05, 4.69) is 134 Å². The third kappa shape index (κ3) is 9.42. The molecular weight excluding hydrogens is 839 g/mol. The first-order chi connectivity index (χ1) is 38.0. The van der Waals surface area contributed by atoms with Gasteiger partial charge in [-0.2, -0.15) is 0 Å². The van der Waals surface area contributed by atoms with Crippen molar-refractivity contribution in [1.82, 2.24) is 14.5 Å². The molecule has 1 N–H and O–H groups in total. The summed E-state index contributed by atoms with van der Waals surface area (Å²) in [6.45, 7) is 9.93. The molecule has 69 heavy (non-hydrogen) atoms. The molecule has 4 nitrogen and oxygen atoms in total. The summed E-state index contributed by atoms with van der Waals surface area (Å²) in [5, 5.41) is 12.7. The van der Waals surface area contributed by atoms with Crippen molar-refractivity contribution < 1.29 is 22.9 Å². The second-order valence-corrected chi connectivity index (χ2v) is 21.3. The van der Waals surface area contributed by atoms with Crippen LogP contribution in [0.3, 0.4) is 0 Å². The topological polar surface area (TPSA) is 50.9 Å². The molecule has 0 aliphatic rings. The smallest absolute Gasteiger partial charge is 0.149 e. The first-order valence-corrected chi connectivity index (χ1v) is 23.4. The first kappa shape index (κ1) is 33.5. The highest BCUT2D eigenvalue weighted by atomic mass is 16.3. The molecular formula is C65H67N3O. The van der Waals surface area contributed by atoms with Crippen molar-refractivity contribution in [2.24, 2.45) is 0 Å². The van der Waals surface area contributed by atoms with Crippen LogP contribution >= 0.6 is 0 Å². The van der Waals surface area contributed by atoms with Crippen molar-refractivity contribution in [3.8, 4) is 78.6 Å². The molecule has 0 radical (unpaired) electrons. The van der Waals surface area contributed by atoms with Gasteiger partial charge in [0.2, 0.25) is 0 Å². The zero-order valence-electron chi connectivity index (χ0n) is 54.1. The predicted molar refractivity (Wildman–Crippen MR) is 293 cm³/mol. The number of aromatic hydroxyl groups is 1. The Morgan fingerprint density at radius 1 is 0.493 bits per heavy atom. The Labute approximate surface area is 429 Å². The summed E-state index contributed by atoms with van der Waals surface area (Å²) in [6.07, 6.45) is 1.44. The van der Waals surface area contributed by atoms with Crippen molar-refractivity contribution in [1.29, 1.82) is 0 Å². The Hall–Kier alpha value is -7.04. The molecule has 2 heterocycles. The van der Waals surface area contributed by atoms with Gasteiger partial charge in [-0.05, 0) is 133 Å². The summed E-state index contributed by atoms with van der Waals surface area (Å²) in [5.74, 6) is 0.658. The summed E-state index contributed by atoms with van der Waals surface area (Å²) in [7, 11) is 0. The number of benzene rings is 7. The molecule has 0 saturated carbocycles. The van der Waals surface area contributed by atoms with Gasteiger partial charge in [0, 0.05) is 40.8 Å². The van der Waals surface area contributed by atoms with Gasteiger partial charge in [-0.3, -0.25) is 9.55 Å². The lowest BCUT2D eigenvalue weighted by Gasteiger charge is -2.27. The monoisotopic (exact) mass is 919 g/mol. The van der Waals surface area contributed by atoms with Gasteiger partial charge in [0.15, 0.2) is 0 Å². The Bertz CT molecular complexity index is 3880. The van der Waals surface area contributed by atoms with Gasteiger partial charge in [0.1, 0.15) is 11.6 Å². The highest BCUT2D eigenvalue weighted by molar-refractivity contribution is 5.98. The van der Waals surface area contributed by atoms with E-state index in [1.165, 1.54) is 17.8 Å². The van der Waals surface area contributed by atoms with E-state index in [-0.39, 0.29) is 27.7 Å². The Balaban J connectivity index is 1.32. The fourth-order valence-corrected chi connectivity index (χ4v) is 8.91. The second-order valence-electron chi connectivity index (χ2n) is 21.3. The number of imidazole rings is 1. The van der Waals surface area contributed by atoms with Gasteiger partial charge in [-0.15, -0.1) is 0 Å². The van der Waals surface area contributed by atoms with E-state index in [1.54, 1.807) is 6.07 Å². The van der Waals surface area contributed by atoms with Crippen LogP contribution in [0, 0.1) is 6.92 Å². The second kappa shape index (κ2) is 17.5. The highest BCUT2D eigenvalue weighted by Gasteiger charge is 2.29. The van der Waals surface area contributed by atoms with Crippen LogP contribution in [-0.2, 0) is 21.7 Å². The average Bonchev–Trinajstić information content (AvgIpc) is 3.11. The zero-order valence-corrected chi connectivity index (χ0v) is 41.1. The normalized spacial score (nSPS) is 15.8. The maximum Gasteiger partial charge on any atom is 0.149 e. The van der Waals surface area contributed by atoms with E-state index in [4.69, 9.17) is 25.0 Å². The minimum absolute atomic E-state index is 0.0654. The molecule has 4 heteroatoms. The number of pyridine rings is 1. The van der Waals surface area contributed by atoms with Gasteiger partial charge in [0.25, 0.3) is 0 Å². The van der Waals surface area contributed by atoms with Gasteiger partial charge in [0.05, 0.1) is 33.5 Å². The predicted octanol–water partition coefficient (Wildman–Crippen LogP) is 17.6. The molecule has 9 aromatic rings. The van der Waals surface area contributed by atoms with Crippen molar-refractivity contribution in [3.05, 3.63) is 192 Å². The van der Waals surface area contributed by atoms with Crippen molar-refractivity contribution in [3.63, 3.8) is 0 Å². The number of hydrogen-bond acceptors (Lipinski definition) is 3. The fourth-order valence-electron chi connectivity index (χ4n) is 8.91. The molecule has 0 atom stereocenters. The Morgan fingerprint density at radius 3 is 1.84 bits per heavy atom. The van der Waals surface area contributed by atoms with Crippen LogP contribution in [0.1, 0.15) is 129 Å². The molecule has 7 aromatic carbocycles. The molecule has 0 spiro atoms. The lowest BCUT2D eigenvalue weighted by molar-refractivity contribution is 0.446. The van der Waals surface area contributed by atoms with E-state index in [1.807, 2.05) is 60.7 Å². The molecule has 0 fully saturated rings. The number of rotatable bonds is 7. The van der Waals surface area contributed by atoms with Crippen molar-refractivity contribution in [2.45, 2.75) is 111 Å². The van der Waals surface area contributed by atoms with Crippen LogP contribution in [0.25, 0.3) is 83.9 Å². The summed E-state index contributed by atoms with van der Waals surface area (Å²) in [6, 6.07) is 40.1. The number of fused-ring (bicyclic) bond motifs is 1. The van der Waals surface area contributed by atoms with Crippen molar-refractivity contribution >= 4 is 11.0 Å². The van der Waals surface area contributed by atoms with Crippen LogP contribution < -0.4 is 0 Å². The van der Waals surface area contributed by atoms with Crippen molar-refractivity contribution in [2.75, 3.05) is 0 Å². The molecule has 0 bridgehead atoms. The van der Waals surface area contributed by atoms with Crippen LogP contribution in [0.5, 0.6) is 5.75 Å². The third-order valence-corrected chi connectivity index (χ3v) is 12.9. The van der Waals surface area contributed by atoms with Crippen LogP contribution in [-0.4, -0.2) is 19.6 Å². The largest absolute Gasteiger partial charge is 0.507 e. The van der Waals surface area contributed by atoms with Gasteiger partial charge in [-0.1, -0.05) is 191 Å². The minimum atomic E-state index is -3.82. The summed E-state index contributed by atoms with van der Waals surface area (Å²) >= 11 is 0. The number of phenolic OH excluding ortho intramolecular Hbond substituents is 1. The zero-order chi connectivity index (χ0) is 60.2. The van der Waals surface area contributed by atoms with Crippen LogP contribution in [0.4, 0.5) is 0 Å². The van der Waals surface area contributed by atoms with E-state index in [0.717, 1.165) is 61.3 Å². The molecule has 9 rings (SSSR count). The fraction of sp³-hybridized carbons (Fsp3) is 0.262. The standard InChI is InChI=1S/C65H67N3O/c1-41-22-31-57(53(34-41)44-25-29-50(30-26-44)63(5,6)7)68-58-21-17-20-52(59(58)67-61(68)54-39-51(64(8,9)10)40-55(60(54)69)65(11,12)13)47-35-46(42-18-15-14-16-19-42)36-48(37-47)56-38-45(32-33-66-56)43-23-27-49(28-24-43)62(2,3)4/h14-40,69H,1-13H3/i2D3,3D3,4D3,23D,24D,27D,28D. The maximum atomic E-state index is 12.7. The van der Waals surface area contributed by atoms with E-state index in [9.17, 15) is 7.85 Å². The van der Waals surface area contributed by atoms with E-state index in [0.29, 0.717) is 28.2 Å².